The number of thioether (sulfide) groups is 1. The average molecular weight is 372 g/mol. The molecule has 136 valence electrons. The Bertz CT molecular complexity index is 849. The topological polar surface area (TPSA) is 48.2 Å². The van der Waals surface area contributed by atoms with Gasteiger partial charge in [0.2, 0.25) is 5.89 Å². The zero-order chi connectivity index (χ0) is 18.4. The van der Waals surface area contributed by atoms with E-state index in [1.54, 1.807) is 19.2 Å². The van der Waals surface area contributed by atoms with Crippen LogP contribution in [0.1, 0.15) is 29.0 Å². The van der Waals surface area contributed by atoms with Gasteiger partial charge in [-0.25, -0.2) is 4.39 Å². The van der Waals surface area contributed by atoms with E-state index in [1.807, 2.05) is 13.0 Å². The minimum Gasteiger partial charge on any atom is -0.496 e. The number of aryl methyl sites for hydroxylation is 3. The average Bonchev–Trinajstić information content (AvgIpc) is 3.09. The first-order valence-corrected chi connectivity index (χ1v) is 9.46. The van der Waals surface area contributed by atoms with Gasteiger partial charge in [-0.05, 0) is 54.7 Å². The lowest BCUT2D eigenvalue weighted by Gasteiger charge is -2.06. The zero-order valence-electron chi connectivity index (χ0n) is 14.9. The summed E-state index contributed by atoms with van der Waals surface area (Å²) in [6, 6.07) is 12.7. The molecule has 3 aromatic rings. The molecule has 0 fully saturated rings. The lowest BCUT2D eigenvalue weighted by Crippen LogP contribution is -1.93. The number of hydrogen-bond donors (Lipinski definition) is 0. The summed E-state index contributed by atoms with van der Waals surface area (Å²) in [7, 11) is 1.68. The first-order chi connectivity index (χ1) is 12.6. The number of benzene rings is 2. The van der Waals surface area contributed by atoms with Gasteiger partial charge >= 0.3 is 0 Å². The van der Waals surface area contributed by atoms with Crippen molar-refractivity contribution in [2.75, 3.05) is 7.11 Å². The van der Waals surface area contributed by atoms with Crippen molar-refractivity contribution in [3.05, 3.63) is 70.9 Å². The standard InChI is InChI=1S/C20H21FN2O2S/c1-14-12-15(8-11-18(14)24-2)4-3-5-19-22-23-20(25-19)26-13-16-6-9-17(21)10-7-16/h6-12H,3-5,13H2,1-2H3. The number of nitrogens with zero attached hydrogens (tertiary/aromatic N) is 2. The van der Waals surface area contributed by atoms with Crippen molar-refractivity contribution in [2.24, 2.45) is 0 Å². The smallest absolute Gasteiger partial charge is 0.276 e. The van der Waals surface area contributed by atoms with Gasteiger partial charge in [0.25, 0.3) is 5.22 Å². The second kappa shape index (κ2) is 8.85. The van der Waals surface area contributed by atoms with Crippen LogP contribution in [0, 0.1) is 12.7 Å². The highest BCUT2D eigenvalue weighted by Crippen LogP contribution is 2.23. The van der Waals surface area contributed by atoms with Crippen molar-refractivity contribution < 1.29 is 13.5 Å². The normalized spacial score (nSPS) is 10.9. The largest absolute Gasteiger partial charge is 0.496 e. The molecule has 1 heterocycles. The third-order valence-corrected chi connectivity index (χ3v) is 4.93. The third-order valence-electron chi connectivity index (χ3n) is 4.04. The maximum Gasteiger partial charge on any atom is 0.276 e. The van der Waals surface area contributed by atoms with Crippen LogP contribution in [0.2, 0.25) is 0 Å². The van der Waals surface area contributed by atoms with E-state index in [1.165, 1.54) is 29.5 Å². The molecule has 0 aliphatic heterocycles. The predicted octanol–water partition coefficient (Wildman–Crippen LogP) is 4.99. The molecule has 0 spiro atoms. The van der Waals surface area contributed by atoms with Gasteiger partial charge in [0, 0.05) is 12.2 Å². The molecular formula is C20H21FN2O2S. The van der Waals surface area contributed by atoms with Crippen LogP contribution < -0.4 is 4.74 Å². The Morgan fingerprint density at radius 2 is 1.81 bits per heavy atom. The minimum absolute atomic E-state index is 0.231. The summed E-state index contributed by atoms with van der Waals surface area (Å²) in [5.74, 6) is 2.00. The van der Waals surface area contributed by atoms with E-state index >= 15 is 0 Å². The van der Waals surface area contributed by atoms with Gasteiger partial charge in [-0.15, -0.1) is 10.2 Å². The molecule has 0 unspecified atom stereocenters. The lowest BCUT2D eigenvalue weighted by atomic mass is 10.1. The molecular weight excluding hydrogens is 351 g/mol. The first-order valence-electron chi connectivity index (χ1n) is 8.47. The highest BCUT2D eigenvalue weighted by atomic mass is 32.2. The van der Waals surface area contributed by atoms with E-state index < -0.39 is 0 Å². The monoisotopic (exact) mass is 372 g/mol. The van der Waals surface area contributed by atoms with E-state index in [4.69, 9.17) is 9.15 Å². The van der Waals surface area contributed by atoms with Crippen molar-refractivity contribution in [1.29, 1.82) is 0 Å². The number of hydrogen-bond acceptors (Lipinski definition) is 5. The summed E-state index contributed by atoms with van der Waals surface area (Å²) in [6.45, 7) is 2.05. The maximum absolute atomic E-state index is 12.9. The van der Waals surface area contributed by atoms with Gasteiger partial charge in [0.1, 0.15) is 11.6 Å². The van der Waals surface area contributed by atoms with Crippen molar-refractivity contribution in [3.8, 4) is 5.75 Å². The Labute approximate surface area is 156 Å². The third kappa shape index (κ3) is 5.08. The quantitative estimate of drug-likeness (QED) is 0.521. The van der Waals surface area contributed by atoms with E-state index in [2.05, 4.69) is 22.3 Å². The van der Waals surface area contributed by atoms with Crippen LogP contribution in [0.15, 0.2) is 52.1 Å². The van der Waals surface area contributed by atoms with Gasteiger partial charge < -0.3 is 9.15 Å². The van der Waals surface area contributed by atoms with E-state index in [-0.39, 0.29) is 5.82 Å². The van der Waals surface area contributed by atoms with E-state index in [9.17, 15) is 4.39 Å². The molecule has 0 bridgehead atoms. The molecule has 0 amide bonds. The number of ether oxygens (including phenoxy) is 1. The van der Waals surface area contributed by atoms with Crippen LogP contribution in [0.3, 0.4) is 0 Å². The molecule has 4 nitrogen and oxygen atoms in total. The molecule has 26 heavy (non-hydrogen) atoms. The van der Waals surface area contributed by atoms with E-state index in [0.717, 1.165) is 36.1 Å². The molecule has 1 aromatic heterocycles. The summed E-state index contributed by atoms with van der Waals surface area (Å²) in [5.41, 5.74) is 3.43. The summed E-state index contributed by atoms with van der Waals surface area (Å²) in [5, 5.41) is 8.71. The van der Waals surface area contributed by atoms with Gasteiger partial charge in [0.15, 0.2) is 0 Å². The molecule has 0 N–H and O–H groups in total. The molecule has 0 aliphatic rings. The number of methoxy groups -OCH3 is 1. The highest BCUT2D eigenvalue weighted by Gasteiger charge is 2.08. The van der Waals surface area contributed by atoms with Crippen molar-refractivity contribution in [3.63, 3.8) is 0 Å². The van der Waals surface area contributed by atoms with Crippen LogP contribution in [0.25, 0.3) is 0 Å². The molecule has 0 radical (unpaired) electrons. The molecule has 0 saturated carbocycles. The van der Waals surface area contributed by atoms with Gasteiger partial charge in [-0.2, -0.15) is 0 Å². The molecule has 0 saturated heterocycles. The van der Waals surface area contributed by atoms with Crippen LogP contribution in [0.4, 0.5) is 4.39 Å². The zero-order valence-corrected chi connectivity index (χ0v) is 15.7. The highest BCUT2D eigenvalue weighted by molar-refractivity contribution is 7.98. The second-order valence-corrected chi connectivity index (χ2v) is 6.96. The summed E-state index contributed by atoms with van der Waals surface area (Å²) < 4.78 is 23.9. The maximum atomic E-state index is 12.9. The summed E-state index contributed by atoms with van der Waals surface area (Å²) >= 11 is 1.46. The van der Waals surface area contributed by atoms with Crippen LogP contribution in [-0.4, -0.2) is 17.3 Å². The Balaban J connectivity index is 1.46. The molecule has 3 rings (SSSR count). The molecule has 2 aromatic carbocycles. The fourth-order valence-electron chi connectivity index (χ4n) is 2.66. The lowest BCUT2D eigenvalue weighted by molar-refractivity contribution is 0.408. The fourth-order valence-corrected chi connectivity index (χ4v) is 3.40. The molecule has 0 atom stereocenters. The Kier molecular flexibility index (Phi) is 6.28. The van der Waals surface area contributed by atoms with Crippen molar-refractivity contribution in [1.82, 2.24) is 10.2 Å². The SMILES string of the molecule is COc1ccc(CCCc2nnc(SCc3ccc(F)cc3)o2)cc1C. The fraction of sp³-hybridized carbons (Fsp3) is 0.300. The Hall–Kier alpha value is -2.34. The number of rotatable bonds is 8. The number of aromatic nitrogens is 2. The summed E-state index contributed by atoms with van der Waals surface area (Å²) in [6.07, 6.45) is 2.64. The van der Waals surface area contributed by atoms with Crippen molar-refractivity contribution >= 4 is 11.8 Å². The van der Waals surface area contributed by atoms with Crippen LogP contribution in [0.5, 0.6) is 5.75 Å². The number of halogens is 1. The molecule has 0 aliphatic carbocycles. The van der Waals surface area contributed by atoms with E-state index in [0.29, 0.717) is 16.9 Å². The predicted molar refractivity (Wildman–Crippen MR) is 100 cm³/mol. The Morgan fingerprint density at radius 1 is 1.04 bits per heavy atom. The second-order valence-electron chi connectivity index (χ2n) is 6.03. The minimum atomic E-state index is -0.231. The first kappa shape index (κ1) is 18.5. The van der Waals surface area contributed by atoms with Crippen molar-refractivity contribution in [2.45, 2.75) is 37.2 Å². The van der Waals surface area contributed by atoms with Gasteiger partial charge in [0.05, 0.1) is 7.11 Å². The van der Waals surface area contributed by atoms with Crippen LogP contribution >= 0.6 is 11.8 Å². The summed E-state index contributed by atoms with van der Waals surface area (Å²) in [4.78, 5) is 0. The molecule has 6 heteroatoms. The Morgan fingerprint density at radius 3 is 2.54 bits per heavy atom. The van der Waals surface area contributed by atoms with Gasteiger partial charge in [-0.3, -0.25) is 0 Å². The van der Waals surface area contributed by atoms with Gasteiger partial charge in [-0.1, -0.05) is 36.0 Å². The van der Waals surface area contributed by atoms with Crippen LogP contribution in [-0.2, 0) is 18.6 Å².